The molecule has 0 saturated carbocycles. The second kappa shape index (κ2) is 9.21. The maximum Gasteiger partial charge on any atom is 0.204 e. The van der Waals surface area contributed by atoms with Crippen molar-refractivity contribution >= 4 is 11.6 Å². The summed E-state index contributed by atoms with van der Waals surface area (Å²) in [6.07, 6.45) is 0. The Morgan fingerprint density at radius 1 is 0.581 bits per heavy atom. The Balaban J connectivity index is 2.25. The monoisotopic (exact) mass is 422 g/mol. The van der Waals surface area contributed by atoms with Gasteiger partial charge in [0, 0.05) is 5.56 Å². The normalized spacial score (nSPS) is 10.3. The second-order valence-corrected chi connectivity index (χ2v) is 6.43. The van der Waals surface area contributed by atoms with E-state index in [0.29, 0.717) is 0 Å². The summed E-state index contributed by atoms with van der Waals surface area (Å²) in [5.74, 6) is -0.451. The first kappa shape index (κ1) is 21.7. The third kappa shape index (κ3) is 3.90. The Bertz CT molecular complexity index is 1090. The van der Waals surface area contributed by atoms with E-state index in [1.54, 1.807) is 36.4 Å². The zero-order valence-electron chi connectivity index (χ0n) is 17.6. The number of phenolic OH excluding ortho intramolecular Hbond substituents is 1. The van der Waals surface area contributed by atoms with Crippen LogP contribution in [0.3, 0.4) is 0 Å². The summed E-state index contributed by atoms with van der Waals surface area (Å²) in [6, 6.07) is 14.1. The number of hydrogen-bond donors (Lipinski definition) is 1. The molecule has 3 aromatic rings. The molecule has 31 heavy (non-hydrogen) atoms. The molecule has 0 saturated heterocycles. The van der Waals surface area contributed by atoms with Gasteiger partial charge in [-0.05, 0) is 30.3 Å². The molecule has 7 nitrogen and oxygen atoms in total. The Morgan fingerprint density at radius 3 is 1.39 bits per heavy atom. The van der Waals surface area contributed by atoms with E-state index in [-0.39, 0.29) is 51.0 Å². The number of carbonyl (C=O) groups is 2. The van der Waals surface area contributed by atoms with Crippen molar-refractivity contribution in [2.24, 2.45) is 0 Å². The van der Waals surface area contributed by atoms with Crippen LogP contribution in [-0.4, -0.2) is 45.1 Å². The van der Waals surface area contributed by atoms with Crippen molar-refractivity contribution in [1.82, 2.24) is 0 Å². The Hall–Kier alpha value is -4.00. The minimum Gasteiger partial charge on any atom is -0.507 e. The van der Waals surface area contributed by atoms with Crippen LogP contribution >= 0.6 is 0 Å². The van der Waals surface area contributed by atoms with Crippen LogP contribution < -0.4 is 18.9 Å². The number of carbonyl (C=O) groups excluding carboxylic acids is 2. The standard InChI is InChI=1S/C24H22O7/c1-28-16-10-6-11-17(29-2)21(16)23(26)14-8-5-9-15(25)20(14)24(27)22-18(30-3)12-7-13-19(22)31-4/h5-13,25H,1-4H3. The summed E-state index contributed by atoms with van der Waals surface area (Å²) >= 11 is 0. The quantitative estimate of drug-likeness (QED) is 0.551. The van der Waals surface area contributed by atoms with E-state index in [1.807, 2.05) is 0 Å². The topological polar surface area (TPSA) is 91.3 Å². The highest BCUT2D eigenvalue weighted by Gasteiger charge is 2.30. The Labute approximate surface area is 179 Å². The molecular weight excluding hydrogens is 400 g/mol. The van der Waals surface area contributed by atoms with Gasteiger partial charge in [0.05, 0.1) is 34.0 Å². The molecule has 3 aromatic carbocycles. The highest BCUT2D eigenvalue weighted by molar-refractivity contribution is 6.23. The third-order valence-electron chi connectivity index (χ3n) is 4.82. The van der Waals surface area contributed by atoms with Gasteiger partial charge in [-0.2, -0.15) is 0 Å². The number of hydrogen-bond acceptors (Lipinski definition) is 7. The molecule has 0 spiro atoms. The molecule has 1 N–H and O–H groups in total. The first-order valence-corrected chi connectivity index (χ1v) is 9.31. The molecule has 0 heterocycles. The van der Waals surface area contributed by atoms with Crippen molar-refractivity contribution in [2.75, 3.05) is 28.4 Å². The van der Waals surface area contributed by atoms with Gasteiger partial charge in [0.15, 0.2) is 0 Å². The van der Waals surface area contributed by atoms with Crippen molar-refractivity contribution in [1.29, 1.82) is 0 Å². The van der Waals surface area contributed by atoms with Gasteiger partial charge < -0.3 is 24.1 Å². The van der Waals surface area contributed by atoms with E-state index in [0.717, 1.165) is 0 Å². The SMILES string of the molecule is COc1cccc(OC)c1C(=O)c1cccc(O)c1C(=O)c1c(OC)cccc1OC. The fourth-order valence-electron chi connectivity index (χ4n) is 3.38. The average molecular weight is 422 g/mol. The van der Waals surface area contributed by atoms with Gasteiger partial charge in [-0.3, -0.25) is 9.59 Å². The van der Waals surface area contributed by atoms with Gasteiger partial charge >= 0.3 is 0 Å². The van der Waals surface area contributed by atoms with Crippen molar-refractivity contribution in [3.8, 4) is 28.7 Å². The fraction of sp³-hybridized carbons (Fsp3) is 0.167. The molecule has 7 heteroatoms. The minimum atomic E-state index is -0.621. The van der Waals surface area contributed by atoms with Crippen molar-refractivity contribution in [3.63, 3.8) is 0 Å². The molecule has 0 bridgehead atoms. The lowest BCUT2D eigenvalue weighted by Crippen LogP contribution is -2.14. The minimum absolute atomic E-state index is 0.0132. The molecule has 0 unspecified atom stereocenters. The van der Waals surface area contributed by atoms with E-state index >= 15 is 0 Å². The Morgan fingerprint density at radius 2 is 0.968 bits per heavy atom. The van der Waals surface area contributed by atoms with E-state index < -0.39 is 11.6 Å². The first-order chi connectivity index (χ1) is 15.0. The lowest BCUT2D eigenvalue weighted by molar-refractivity contribution is 0.0994. The molecule has 0 aliphatic carbocycles. The number of ketones is 2. The highest BCUT2D eigenvalue weighted by atomic mass is 16.5. The maximum absolute atomic E-state index is 13.6. The van der Waals surface area contributed by atoms with E-state index in [1.165, 1.54) is 46.6 Å². The van der Waals surface area contributed by atoms with Crippen LogP contribution in [0.1, 0.15) is 31.8 Å². The van der Waals surface area contributed by atoms with Crippen LogP contribution in [0.5, 0.6) is 28.7 Å². The molecular formula is C24H22O7. The number of aromatic hydroxyl groups is 1. The largest absolute Gasteiger partial charge is 0.507 e. The van der Waals surface area contributed by atoms with Crippen LogP contribution in [0.2, 0.25) is 0 Å². The van der Waals surface area contributed by atoms with Crippen LogP contribution in [0.25, 0.3) is 0 Å². The van der Waals surface area contributed by atoms with Gasteiger partial charge in [-0.25, -0.2) is 0 Å². The van der Waals surface area contributed by atoms with E-state index in [2.05, 4.69) is 0 Å². The highest BCUT2D eigenvalue weighted by Crippen LogP contribution is 2.37. The maximum atomic E-state index is 13.6. The number of phenols is 1. The number of ether oxygens (including phenoxy) is 4. The smallest absolute Gasteiger partial charge is 0.204 e. The van der Waals surface area contributed by atoms with Crippen molar-refractivity contribution in [3.05, 3.63) is 76.9 Å². The van der Waals surface area contributed by atoms with Crippen LogP contribution in [0.4, 0.5) is 0 Å². The molecule has 0 fully saturated rings. The summed E-state index contributed by atoms with van der Waals surface area (Å²) in [5.41, 5.74) is 0.0400. The van der Waals surface area contributed by atoms with Crippen LogP contribution in [0.15, 0.2) is 54.6 Å². The van der Waals surface area contributed by atoms with Crippen molar-refractivity contribution < 1.29 is 33.6 Å². The van der Waals surface area contributed by atoms with Crippen molar-refractivity contribution in [2.45, 2.75) is 0 Å². The van der Waals surface area contributed by atoms with Gasteiger partial charge in [-0.1, -0.05) is 24.3 Å². The molecule has 0 aliphatic rings. The zero-order valence-corrected chi connectivity index (χ0v) is 17.6. The second-order valence-electron chi connectivity index (χ2n) is 6.43. The first-order valence-electron chi connectivity index (χ1n) is 9.31. The fourth-order valence-corrected chi connectivity index (χ4v) is 3.38. The van der Waals surface area contributed by atoms with Crippen LogP contribution in [-0.2, 0) is 0 Å². The molecule has 0 atom stereocenters. The molecule has 0 aliphatic heterocycles. The number of methoxy groups -OCH3 is 4. The molecule has 0 amide bonds. The molecule has 3 rings (SSSR count). The molecule has 0 radical (unpaired) electrons. The summed E-state index contributed by atoms with van der Waals surface area (Å²) in [7, 11) is 5.70. The number of benzene rings is 3. The molecule has 0 aromatic heterocycles. The number of rotatable bonds is 8. The van der Waals surface area contributed by atoms with Gasteiger partial charge in [-0.15, -0.1) is 0 Å². The summed E-state index contributed by atoms with van der Waals surface area (Å²) in [4.78, 5) is 27.1. The average Bonchev–Trinajstić information content (AvgIpc) is 2.81. The predicted molar refractivity (Wildman–Crippen MR) is 114 cm³/mol. The summed E-state index contributed by atoms with van der Waals surface area (Å²) in [5, 5.41) is 10.6. The van der Waals surface area contributed by atoms with Crippen LogP contribution in [0, 0.1) is 0 Å². The van der Waals surface area contributed by atoms with Gasteiger partial charge in [0.25, 0.3) is 0 Å². The third-order valence-corrected chi connectivity index (χ3v) is 4.82. The lowest BCUT2D eigenvalue weighted by atomic mass is 9.91. The zero-order chi connectivity index (χ0) is 22.5. The predicted octanol–water partition coefficient (Wildman–Crippen LogP) is 3.89. The van der Waals surface area contributed by atoms with Gasteiger partial charge in [0.2, 0.25) is 11.6 Å². The summed E-state index contributed by atoms with van der Waals surface area (Å²) < 4.78 is 21.3. The Kier molecular flexibility index (Phi) is 6.45. The van der Waals surface area contributed by atoms with Gasteiger partial charge in [0.1, 0.15) is 39.9 Å². The lowest BCUT2D eigenvalue weighted by Gasteiger charge is -2.16. The van der Waals surface area contributed by atoms with E-state index in [9.17, 15) is 14.7 Å². The summed E-state index contributed by atoms with van der Waals surface area (Å²) in [6.45, 7) is 0. The molecule has 160 valence electrons. The van der Waals surface area contributed by atoms with E-state index in [4.69, 9.17) is 18.9 Å².